The molecule has 1 aliphatic rings. The van der Waals surface area contributed by atoms with Gasteiger partial charge in [-0.3, -0.25) is 0 Å². The highest BCUT2D eigenvalue weighted by molar-refractivity contribution is 7.11. The number of hydrogen-bond acceptors (Lipinski definition) is 6. The van der Waals surface area contributed by atoms with E-state index in [2.05, 4.69) is 33.1 Å². The lowest BCUT2D eigenvalue weighted by atomic mass is 9.97. The second-order valence-corrected chi connectivity index (χ2v) is 6.26. The fourth-order valence-corrected chi connectivity index (χ4v) is 3.55. The van der Waals surface area contributed by atoms with Crippen molar-refractivity contribution in [2.45, 2.75) is 32.1 Å². The first-order valence-corrected chi connectivity index (χ1v) is 8.05. The van der Waals surface area contributed by atoms with Crippen molar-refractivity contribution >= 4 is 17.0 Å². The van der Waals surface area contributed by atoms with Crippen molar-refractivity contribution in [3.63, 3.8) is 0 Å². The number of piperidine rings is 1. The predicted octanol–water partition coefficient (Wildman–Crippen LogP) is 2.75. The number of nitrogens with zero attached hydrogens (tertiary/aromatic N) is 5. The van der Waals surface area contributed by atoms with Gasteiger partial charge in [-0.1, -0.05) is 6.92 Å². The van der Waals surface area contributed by atoms with Crippen LogP contribution in [0.4, 0.5) is 5.69 Å². The number of aromatic nitrogens is 3. The number of hydrogen-bond donors (Lipinski definition) is 0. The zero-order chi connectivity index (χ0) is 14.7. The molecule has 0 bridgehead atoms. The Morgan fingerprint density at radius 2 is 2.14 bits per heavy atom. The molecule has 1 saturated heterocycles. The first-order chi connectivity index (χ1) is 10.3. The molecular weight excluding hydrogens is 282 g/mol. The minimum atomic E-state index is 0.467. The molecule has 21 heavy (non-hydrogen) atoms. The van der Waals surface area contributed by atoms with Crippen LogP contribution in [0.3, 0.4) is 0 Å². The highest BCUT2D eigenvalue weighted by Gasteiger charge is 2.23. The third kappa shape index (κ3) is 3.03. The van der Waals surface area contributed by atoms with Gasteiger partial charge in [0, 0.05) is 19.0 Å². The van der Waals surface area contributed by atoms with E-state index in [0.717, 1.165) is 43.0 Å². The normalized spacial score (nSPS) is 15.9. The number of rotatable bonds is 3. The Balaban J connectivity index is 1.63. The lowest BCUT2D eigenvalue weighted by Gasteiger charge is -2.32. The summed E-state index contributed by atoms with van der Waals surface area (Å²) >= 11 is 1.75. The van der Waals surface area contributed by atoms with Gasteiger partial charge in [0.25, 0.3) is 0 Å². The maximum absolute atomic E-state index is 8.78. The highest BCUT2D eigenvalue weighted by atomic mass is 32.1. The van der Waals surface area contributed by atoms with Crippen molar-refractivity contribution in [2.24, 2.45) is 0 Å². The number of aryl methyl sites for hydroxylation is 1. The second kappa shape index (κ2) is 6.19. The van der Waals surface area contributed by atoms with E-state index in [1.807, 2.05) is 6.07 Å². The zero-order valence-corrected chi connectivity index (χ0v) is 12.8. The van der Waals surface area contributed by atoms with Crippen LogP contribution in [0, 0.1) is 11.3 Å². The lowest BCUT2D eigenvalue weighted by molar-refractivity contribution is 0.500. The Morgan fingerprint density at radius 1 is 1.33 bits per heavy atom. The summed E-state index contributed by atoms with van der Waals surface area (Å²) in [6.07, 6.45) is 4.95. The molecule has 0 radical (unpaired) electrons. The molecule has 0 aromatic carbocycles. The Labute approximate surface area is 128 Å². The van der Waals surface area contributed by atoms with Crippen LogP contribution < -0.4 is 4.90 Å². The number of anilines is 1. The van der Waals surface area contributed by atoms with E-state index >= 15 is 0 Å². The summed E-state index contributed by atoms with van der Waals surface area (Å²) in [4.78, 5) is 6.47. The van der Waals surface area contributed by atoms with Crippen molar-refractivity contribution in [1.29, 1.82) is 5.26 Å². The van der Waals surface area contributed by atoms with E-state index in [1.54, 1.807) is 23.6 Å². The molecule has 2 aromatic rings. The molecule has 5 nitrogen and oxygen atoms in total. The van der Waals surface area contributed by atoms with Gasteiger partial charge in [-0.15, -0.1) is 21.5 Å². The van der Waals surface area contributed by atoms with Gasteiger partial charge in [0.1, 0.15) is 21.8 Å². The van der Waals surface area contributed by atoms with Gasteiger partial charge in [0.2, 0.25) is 0 Å². The fraction of sp³-hybridized carbons (Fsp3) is 0.467. The average Bonchev–Trinajstić information content (AvgIpc) is 3.04. The van der Waals surface area contributed by atoms with Gasteiger partial charge < -0.3 is 4.90 Å². The third-order valence-corrected chi connectivity index (χ3v) is 5.09. The summed E-state index contributed by atoms with van der Waals surface area (Å²) < 4.78 is 0. The Kier molecular flexibility index (Phi) is 4.11. The number of nitriles is 1. The molecule has 0 unspecified atom stereocenters. The molecule has 6 heteroatoms. The molecule has 0 amide bonds. The SMILES string of the molecule is CCc1nnc(C2CCN(c3ccc(C#N)nc3)CC2)s1. The maximum atomic E-state index is 8.78. The topological polar surface area (TPSA) is 65.7 Å². The van der Waals surface area contributed by atoms with Crippen molar-refractivity contribution in [3.05, 3.63) is 34.0 Å². The highest BCUT2D eigenvalue weighted by Crippen LogP contribution is 2.31. The molecule has 0 N–H and O–H groups in total. The standard InChI is InChI=1S/C15H17N5S/c1-2-14-18-19-15(21-14)11-5-7-20(8-6-11)13-4-3-12(9-16)17-10-13/h3-4,10-11H,2,5-8H2,1H3. The molecule has 108 valence electrons. The molecule has 2 aromatic heterocycles. The Bertz CT molecular complexity index is 635. The van der Waals surface area contributed by atoms with Crippen LogP contribution in [0.25, 0.3) is 0 Å². The molecule has 0 saturated carbocycles. The first kappa shape index (κ1) is 14.0. The van der Waals surface area contributed by atoms with Gasteiger partial charge in [-0.25, -0.2) is 4.98 Å². The molecule has 1 aliphatic heterocycles. The molecule has 3 heterocycles. The largest absolute Gasteiger partial charge is 0.370 e. The minimum Gasteiger partial charge on any atom is -0.370 e. The zero-order valence-electron chi connectivity index (χ0n) is 12.0. The van der Waals surface area contributed by atoms with Gasteiger partial charge in [0.15, 0.2) is 0 Å². The molecule has 0 spiro atoms. The summed E-state index contributed by atoms with van der Waals surface area (Å²) in [5.74, 6) is 0.533. The number of pyridine rings is 1. The summed E-state index contributed by atoms with van der Waals surface area (Å²) in [5.41, 5.74) is 1.56. The Morgan fingerprint density at radius 3 is 2.71 bits per heavy atom. The van der Waals surface area contributed by atoms with E-state index < -0.39 is 0 Å². The summed E-state index contributed by atoms with van der Waals surface area (Å²) in [7, 11) is 0. The van der Waals surface area contributed by atoms with Crippen molar-refractivity contribution < 1.29 is 0 Å². The van der Waals surface area contributed by atoms with Crippen LogP contribution in [-0.4, -0.2) is 28.3 Å². The van der Waals surface area contributed by atoms with Gasteiger partial charge in [0.05, 0.1) is 11.9 Å². The smallest absolute Gasteiger partial charge is 0.140 e. The van der Waals surface area contributed by atoms with E-state index in [-0.39, 0.29) is 0 Å². The van der Waals surface area contributed by atoms with E-state index in [0.29, 0.717) is 11.6 Å². The van der Waals surface area contributed by atoms with Crippen LogP contribution >= 0.6 is 11.3 Å². The lowest BCUT2D eigenvalue weighted by Crippen LogP contribution is -2.32. The van der Waals surface area contributed by atoms with Crippen molar-refractivity contribution in [1.82, 2.24) is 15.2 Å². The van der Waals surface area contributed by atoms with Crippen molar-refractivity contribution in [3.8, 4) is 6.07 Å². The van der Waals surface area contributed by atoms with Crippen molar-refractivity contribution in [2.75, 3.05) is 18.0 Å². The van der Waals surface area contributed by atoms with Gasteiger partial charge in [-0.05, 0) is 31.4 Å². The van der Waals surface area contributed by atoms with Gasteiger partial charge >= 0.3 is 0 Å². The molecule has 0 aliphatic carbocycles. The van der Waals surface area contributed by atoms with Crippen LogP contribution in [0.2, 0.25) is 0 Å². The Hall–Kier alpha value is -2.00. The van der Waals surface area contributed by atoms with Crippen LogP contribution in [-0.2, 0) is 6.42 Å². The molecular formula is C15H17N5S. The van der Waals surface area contributed by atoms with Crippen LogP contribution in [0.1, 0.15) is 41.4 Å². The summed E-state index contributed by atoms with van der Waals surface area (Å²) in [6.45, 7) is 4.11. The predicted molar refractivity (Wildman–Crippen MR) is 82.4 cm³/mol. The third-order valence-electron chi connectivity index (χ3n) is 3.86. The molecule has 3 rings (SSSR count). The monoisotopic (exact) mass is 299 g/mol. The van der Waals surface area contributed by atoms with E-state index in [4.69, 9.17) is 5.26 Å². The first-order valence-electron chi connectivity index (χ1n) is 7.23. The van der Waals surface area contributed by atoms with E-state index in [9.17, 15) is 0 Å². The fourth-order valence-electron chi connectivity index (χ4n) is 2.60. The van der Waals surface area contributed by atoms with E-state index in [1.165, 1.54) is 5.01 Å². The van der Waals surface area contributed by atoms with Crippen LogP contribution in [0.15, 0.2) is 18.3 Å². The molecule has 1 fully saturated rings. The average molecular weight is 299 g/mol. The molecule has 0 atom stereocenters. The summed E-state index contributed by atoms with van der Waals surface area (Å²) in [5, 5.41) is 19.7. The maximum Gasteiger partial charge on any atom is 0.140 e. The quantitative estimate of drug-likeness (QED) is 0.872. The van der Waals surface area contributed by atoms with Gasteiger partial charge in [-0.2, -0.15) is 5.26 Å². The summed E-state index contributed by atoms with van der Waals surface area (Å²) in [6, 6.07) is 5.81. The van der Waals surface area contributed by atoms with Crippen LogP contribution in [0.5, 0.6) is 0 Å². The second-order valence-electron chi connectivity index (χ2n) is 5.16. The minimum absolute atomic E-state index is 0.467.